The van der Waals surface area contributed by atoms with Crippen LogP contribution in [-0.2, 0) is 0 Å². The van der Waals surface area contributed by atoms with Crippen molar-refractivity contribution in [2.24, 2.45) is 0 Å². The predicted octanol–water partition coefficient (Wildman–Crippen LogP) is 4.39. The molecule has 0 spiro atoms. The molecule has 0 atom stereocenters. The highest BCUT2D eigenvalue weighted by Crippen LogP contribution is 2.26. The van der Waals surface area contributed by atoms with Gasteiger partial charge in [0.25, 0.3) is 5.91 Å². The van der Waals surface area contributed by atoms with Gasteiger partial charge >= 0.3 is 0 Å². The summed E-state index contributed by atoms with van der Waals surface area (Å²) in [6.45, 7) is 4.94. The van der Waals surface area contributed by atoms with Gasteiger partial charge < -0.3 is 19.3 Å². The van der Waals surface area contributed by atoms with Crippen LogP contribution in [0.2, 0.25) is 0 Å². The van der Waals surface area contributed by atoms with Crippen molar-refractivity contribution in [3.05, 3.63) is 60.3 Å². The van der Waals surface area contributed by atoms with Crippen LogP contribution in [0, 0.1) is 0 Å². The number of hydrogen-bond donors (Lipinski definition) is 1. The standard InChI is InChI=1S/C20H20N2O4/c1-3-24-15-11-9-14(10-12-15)19-13-17(22-26-19)20(23)21-16-7-5-6-8-18(16)25-4-2/h5-13H,3-4H2,1-2H3,(H,21,23). The lowest BCUT2D eigenvalue weighted by atomic mass is 10.1. The highest BCUT2D eigenvalue weighted by atomic mass is 16.5. The summed E-state index contributed by atoms with van der Waals surface area (Å²) in [5.41, 5.74) is 1.60. The summed E-state index contributed by atoms with van der Waals surface area (Å²) in [5, 5.41) is 6.66. The molecule has 0 radical (unpaired) electrons. The lowest BCUT2D eigenvalue weighted by molar-refractivity contribution is 0.101. The summed E-state index contributed by atoms with van der Waals surface area (Å²) in [7, 11) is 0. The topological polar surface area (TPSA) is 73.6 Å². The van der Waals surface area contributed by atoms with Crippen molar-refractivity contribution in [1.29, 1.82) is 0 Å². The molecule has 3 rings (SSSR count). The molecule has 3 aromatic rings. The third-order valence-electron chi connectivity index (χ3n) is 3.63. The van der Waals surface area contributed by atoms with Crippen LogP contribution in [0.4, 0.5) is 5.69 Å². The molecule has 26 heavy (non-hydrogen) atoms. The summed E-state index contributed by atoms with van der Waals surface area (Å²) >= 11 is 0. The van der Waals surface area contributed by atoms with Crippen LogP contribution in [-0.4, -0.2) is 24.3 Å². The molecule has 2 aromatic carbocycles. The monoisotopic (exact) mass is 352 g/mol. The number of amides is 1. The molecule has 134 valence electrons. The lowest BCUT2D eigenvalue weighted by Gasteiger charge is -2.09. The smallest absolute Gasteiger partial charge is 0.277 e. The predicted molar refractivity (Wildman–Crippen MR) is 98.7 cm³/mol. The molecule has 1 amide bonds. The van der Waals surface area contributed by atoms with Gasteiger partial charge in [0.05, 0.1) is 18.9 Å². The number of hydrogen-bond acceptors (Lipinski definition) is 5. The molecule has 6 nitrogen and oxygen atoms in total. The zero-order chi connectivity index (χ0) is 18.4. The average Bonchev–Trinajstić information content (AvgIpc) is 3.15. The van der Waals surface area contributed by atoms with Crippen LogP contribution in [0.15, 0.2) is 59.1 Å². The van der Waals surface area contributed by atoms with Gasteiger partial charge in [-0.05, 0) is 50.2 Å². The Morgan fingerprint density at radius 3 is 2.50 bits per heavy atom. The second kappa shape index (κ2) is 8.20. The van der Waals surface area contributed by atoms with Crippen molar-refractivity contribution in [3.8, 4) is 22.8 Å². The second-order valence-electron chi connectivity index (χ2n) is 5.42. The van der Waals surface area contributed by atoms with E-state index in [2.05, 4.69) is 10.5 Å². The first-order chi connectivity index (χ1) is 12.7. The first-order valence-corrected chi connectivity index (χ1v) is 8.44. The number of nitrogens with one attached hydrogen (secondary N) is 1. The van der Waals surface area contributed by atoms with Crippen molar-refractivity contribution in [2.45, 2.75) is 13.8 Å². The minimum Gasteiger partial charge on any atom is -0.494 e. The fraction of sp³-hybridized carbons (Fsp3) is 0.200. The molecule has 1 N–H and O–H groups in total. The van der Waals surface area contributed by atoms with Gasteiger partial charge in [-0.1, -0.05) is 17.3 Å². The zero-order valence-electron chi connectivity index (χ0n) is 14.7. The van der Waals surface area contributed by atoms with Crippen LogP contribution in [0.5, 0.6) is 11.5 Å². The van der Waals surface area contributed by atoms with E-state index in [1.54, 1.807) is 18.2 Å². The van der Waals surface area contributed by atoms with Crippen molar-refractivity contribution in [3.63, 3.8) is 0 Å². The van der Waals surface area contributed by atoms with Crippen LogP contribution in [0.25, 0.3) is 11.3 Å². The number of ether oxygens (including phenoxy) is 2. The summed E-state index contributed by atoms with van der Waals surface area (Å²) in [6.07, 6.45) is 0. The number of anilines is 1. The maximum absolute atomic E-state index is 12.4. The van der Waals surface area contributed by atoms with E-state index in [4.69, 9.17) is 14.0 Å². The van der Waals surface area contributed by atoms with E-state index in [0.717, 1.165) is 11.3 Å². The maximum atomic E-state index is 12.4. The maximum Gasteiger partial charge on any atom is 0.277 e. The lowest BCUT2D eigenvalue weighted by Crippen LogP contribution is -2.13. The molecular formula is C20H20N2O4. The van der Waals surface area contributed by atoms with Gasteiger partial charge in [-0.15, -0.1) is 0 Å². The molecule has 1 heterocycles. The molecule has 0 unspecified atom stereocenters. The van der Waals surface area contributed by atoms with Crippen LogP contribution in [0.3, 0.4) is 0 Å². The second-order valence-corrected chi connectivity index (χ2v) is 5.42. The van der Waals surface area contributed by atoms with E-state index in [0.29, 0.717) is 30.4 Å². The van der Waals surface area contributed by atoms with Crippen molar-refractivity contribution in [2.75, 3.05) is 18.5 Å². The minimum absolute atomic E-state index is 0.195. The molecule has 0 saturated heterocycles. The van der Waals surface area contributed by atoms with Crippen molar-refractivity contribution < 1.29 is 18.8 Å². The van der Waals surface area contributed by atoms with Crippen molar-refractivity contribution >= 4 is 11.6 Å². The molecule has 0 aliphatic rings. The Bertz CT molecular complexity index is 872. The van der Waals surface area contributed by atoms with Crippen LogP contribution in [0.1, 0.15) is 24.3 Å². The highest BCUT2D eigenvalue weighted by Gasteiger charge is 2.15. The van der Waals surface area contributed by atoms with Gasteiger partial charge in [0.15, 0.2) is 11.5 Å². The number of para-hydroxylation sites is 2. The SMILES string of the molecule is CCOc1ccc(-c2cc(C(=O)Nc3ccccc3OCC)no2)cc1. The molecule has 0 saturated carbocycles. The fourth-order valence-electron chi connectivity index (χ4n) is 2.44. The van der Waals surface area contributed by atoms with Gasteiger partial charge in [-0.2, -0.15) is 0 Å². The Labute approximate surface area is 151 Å². The van der Waals surface area contributed by atoms with E-state index < -0.39 is 0 Å². The van der Waals surface area contributed by atoms with Gasteiger partial charge in [0.1, 0.15) is 11.5 Å². The largest absolute Gasteiger partial charge is 0.494 e. The number of nitrogens with zero attached hydrogens (tertiary/aromatic N) is 1. The number of aromatic nitrogens is 1. The Morgan fingerprint density at radius 2 is 1.77 bits per heavy atom. The van der Waals surface area contributed by atoms with Crippen LogP contribution >= 0.6 is 0 Å². The van der Waals surface area contributed by atoms with Gasteiger partial charge in [0.2, 0.25) is 0 Å². The zero-order valence-corrected chi connectivity index (χ0v) is 14.7. The summed E-state index contributed by atoms with van der Waals surface area (Å²) in [5.74, 6) is 1.54. The molecule has 0 aliphatic heterocycles. The van der Waals surface area contributed by atoms with Crippen molar-refractivity contribution in [1.82, 2.24) is 5.16 Å². The number of benzene rings is 2. The van der Waals surface area contributed by atoms with E-state index in [-0.39, 0.29) is 11.6 Å². The van der Waals surface area contributed by atoms with E-state index in [1.165, 1.54) is 0 Å². The number of carbonyl (C=O) groups is 1. The average molecular weight is 352 g/mol. The summed E-state index contributed by atoms with van der Waals surface area (Å²) in [6, 6.07) is 16.3. The first-order valence-electron chi connectivity index (χ1n) is 8.44. The third-order valence-corrected chi connectivity index (χ3v) is 3.63. The van der Waals surface area contributed by atoms with E-state index in [9.17, 15) is 4.79 Å². The third kappa shape index (κ3) is 4.03. The van der Waals surface area contributed by atoms with E-state index >= 15 is 0 Å². The number of carbonyl (C=O) groups excluding carboxylic acids is 1. The highest BCUT2D eigenvalue weighted by molar-refractivity contribution is 6.04. The summed E-state index contributed by atoms with van der Waals surface area (Å²) < 4.78 is 16.2. The minimum atomic E-state index is -0.363. The Kier molecular flexibility index (Phi) is 5.53. The molecule has 6 heteroatoms. The Morgan fingerprint density at radius 1 is 1.04 bits per heavy atom. The van der Waals surface area contributed by atoms with Gasteiger partial charge in [-0.25, -0.2) is 0 Å². The normalized spacial score (nSPS) is 10.4. The fourth-order valence-corrected chi connectivity index (χ4v) is 2.44. The molecule has 0 aliphatic carbocycles. The molecular weight excluding hydrogens is 332 g/mol. The van der Waals surface area contributed by atoms with Crippen LogP contribution < -0.4 is 14.8 Å². The quantitative estimate of drug-likeness (QED) is 0.682. The Hall–Kier alpha value is -3.28. The van der Waals surface area contributed by atoms with Gasteiger partial charge in [0, 0.05) is 11.6 Å². The Balaban J connectivity index is 1.74. The molecule has 1 aromatic heterocycles. The summed E-state index contributed by atoms with van der Waals surface area (Å²) in [4.78, 5) is 12.4. The molecule has 0 bridgehead atoms. The first kappa shape index (κ1) is 17.5. The molecule has 0 fully saturated rings. The van der Waals surface area contributed by atoms with E-state index in [1.807, 2.05) is 50.2 Å². The number of rotatable bonds is 7. The van der Waals surface area contributed by atoms with Gasteiger partial charge in [-0.3, -0.25) is 4.79 Å².